The standard InChI is InChI=1S/C14H18ClN3/c1-17-6-5-16-12(9-17)14-7-10-3-4-11(15)8-13(10)18(14)2/h3-4,7-8,12,16H,5-6,9H2,1-2H3. The highest BCUT2D eigenvalue weighted by Crippen LogP contribution is 2.27. The summed E-state index contributed by atoms with van der Waals surface area (Å²) in [5.74, 6) is 0. The molecule has 0 aliphatic carbocycles. The van der Waals surface area contributed by atoms with Crippen molar-refractivity contribution in [1.82, 2.24) is 14.8 Å². The van der Waals surface area contributed by atoms with E-state index in [1.807, 2.05) is 12.1 Å². The van der Waals surface area contributed by atoms with Gasteiger partial charge in [0, 0.05) is 48.3 Å². The molecule has 1 aromatic heterocycles. The summed E-state index contributed by atoms with van der Waals surface area (Å²) in [6.07, 6.45) is 0. The zero-order chi connectivity index (χ0) is 12.7. The number of aromatic nitrogens is 1. The summed E-state index contributed by atoms with van der Waals surface area (Å²) in [4.78, 5) is 2.37. The number of nitrogens with zero attached hydrogens (tertiary/aromatic N) is 2. The van der Waals surface area contributed by atoms with Gasteiger partial charge in [-0.2, -0.15) is 0 Å². The number of hydrogen-bond donors (Lipinski definition) is 1. The van der Waals surface area contributed by atoms with Crippen molar-refractivity contribution in [1.29, 1.82) is 0 Å². The number of benzene rings is 1. The fraction of sp³-hybridized carbons (Fsp3) is 0.429. The monoisotopic (exact) mass is 263 g/mol. The normalized spacial score (nSPS) is 21.6. The molecule has 1 aromatic carbocycles. The third-order valence-electron chi connectivity index (χ3n) is 3.78. The van der Waals surface area contributed by atoms with E-state index in [1.54, 1.807) is 0 Å². The van der Waals surface area contributed by atoms with Crippen molar-refractivity contribution in [3.63, 3.8) is 0 Å². The van der Waals surface area contributed by atoms with Crippen molar-refractivity contribution in [2.24, 2.45) is 7.05 Å². The highest BCUT2D eigenvalue weighted by Gasteiger charge is 2.21. The zero-order valence-corrected chi connectivity index (χ0v) is 11.5. The topological polar surface area (TPSA) is 20.2 Å². The van der Waals surface area contributed by atoms with Crippen molar-refractivity contribution >= 4 is 22.5 Å². The van der Waals surface area contributed by atoms with Crippen molar-refractivity contribution in [2.45, 2.75) is 6.04 Å². The van der Waals surface area contributed by atoms with E-state index >= 15 is 0 Å². The number of aryl methyl sites for hydroxylation is 1. The van der Waals surface area contributed by atoms with Crippen LogP contribution in [0.25, 0.3) is 10.9 Å². The van der Waals surface area contributed by atoms with E-state index in [9.17, 15) is 0 Å². The number of halogens is 1. The second-order valence-corrected chi connectivity index (χ2v) is 5.54. The first-order valence-electron chi connectivity index (χ1n) is 6.32. The Bertz CT molecular complexity index is 576. The predicted molar refractivity (Wildman–Crippen MR) is 76.2 cm³/mol. The summed E-state index contributed by atoms with van der Waals surface area (Å²) in [5.41, 5.74) is 2.53. The van der Waals surface area contributed by atoms with Crippen LogP contribution >= 0.6 is 11.6 Å². The Balaban J connectivity index is 2.04. The lowest BCUT2D eigenvalue weighted by Crippen LogP contribution is -2.44. The van der Waals surface area contributed by atoms with Gasteiger partial charge in [0.05, 0.1) is 6.04 Å². The maximum Gasteiger partial charge on any atom is 0.0604 e. The van der Waals surface area contributed by atoms with Crippen LogP contribution in [0.15, 0.2) is 24.3 Å². The van der Waals surface area contributed by atoms with Gasteiger partial charge < -0.3 is 14.8 Å². The average molecular weight is 264 g/mol. The van der Waals surface area contributed by atoms with E-state index in [2.05, 4.69) is 41.0 Å². The maximum atomic E-state index is 6.07. The predicted octanol–water partition coefficient (Wildman–Crippen LogP) is 2.41. The van der Waals surface area contributed by atoms with Gasteiger partial charge in [-0.3, -0.25) is 0 Å². The molecule has 18 heavy (non-hydrogen) atoms. The second-order valence-electron chi connectivity index (χ2n) is 5.10. The lowest BCUT2D eigenvalue weighted by Gasteiger charge is -2.31. The van der Waals surface area contributed by atoms with Gasteiger partial charge in [-0.1, -0.05) is 17.7 Å². The third-order valence-corrected chi connectivity index (χ3v) is 4.02. The molecule has 0 saturated carbocycles. The van der Waals surface area contributed by atoms with Crippen LogP contribution in [0, 0.1) is 0 Å². The molecule has 3 rings (SSSR count). The van der Waals surface area contributed by atoms with E-state index in [-0.39, 0.29) is 0 Å². The van der Waals surface area contributed by atoms with Crippen molar-refractivity contribution in [2.75, 3.05) is 26.7 Å². The quantitative estimate of drug-likeness (QED) is 0.853. The van der Waals surface area contributed by atoms with Crippen LogP contribution in [-0.4, -0.2) is 36.1 Å². The Morgan fingerprint density at radius 2 is 2.11 bits per heavy atom. The smallest absolute Gasteiger partial charge is 0.0604 e. The molecule has 1 atom stereocenters. The molecular formula is C14H18ClN3. The minimum Gasteiger partial charge on any atom is -0.346 e. The molecule has 1 aliphatic rings. The van der Waals surface area contributed by atoms with Crippen molar-refractivity contribution in [3.8, 4) is 0 Å². The van der Waals surface area contributed by atoms with Gasteiger partial charge in [-0.05, 0) is 25.2 Å². The molecule has 2 heterocycles. The number of fused-ring (bicyclic) bond motifs is 1. The van der Waals surface area contributed by atoms with Crippen LogP contribution < -0.4 is 5.32 Å². The van der Waals surface area contributed by atoms with E-state index < -0.39 is 0 Å². The van der Waals surface area contributed by atoms with Crippen LogP contribution in [0.2, 0.25) is 5.02 Å². The molecule has 0 amide bonds. The molecule has 1 saturated heterocycles. The number of likely N-dealkylation sites (N-methyl/N-ethyl adjacent to an activating group) is 1. The van der Waals surface area contributed by atoms with Gasteiger partial charge in [0.25, 0.3) is 0 Å². The zero-order valence-electron chi connectivity index (χ0n) is 10.8. The van der Waals surface area contributed by atoms with Crippen molar-refractivity contribution in [3.05, 3.63) is 35.0 Å². The van der Waals surface area contributed by atoms with E-state index in [0.717, 1.165) is 24.7 Å². The third kappa shape index (κ3) is 2.03. The largest absolute Gasteiger partial charge is 0.346 e. The van der Waals surface area contributed by atoms with E-state index in [0.29, 0.717) is 6.04 Å². The number of hydrogen-bond acceptors (Lipinski definition) is 2. The van der Waals surface area contributed by atoms with Gasteiger partial charge >= 0.3 is 0 Å². The summed E-state index contributed by atoms with van der Waals surface area (Å²) in [6.45, 7) is 3.22. The second kappa shape index (κ2) is 4.57. The van der Waals surface area contributed by atoms with Gasteiger partial charge in [-0.15, -0.1) is 0 Å². The van der Waals surface area contributed by atoms with E-state index in [1.165, 1.54) is 16.6 Å². The molecule has 1 N–H and O–H groups in total. The van der Waals surface area contributed by atoms with Crippen LogP contribution in [0.1, 0.15) is 11.7 Å². The van der Waals surface area contributed by atoms with Crippen LogP contribution in [-0.2, 0) is 7.05 Å². The Labute approximate surface area is 112 Å². The first kappa shape index (κ1) is 12.0. The highest BCUT2D eigenvalue weighted by molar-refractivity contribution is 6.31. The lowest BCUT2D eigenvalue weighted by atomic mass is 10.1. The van der Waals surface area contributed by atoms with Gasteiger partial charge in [0.2, 0.25) is 0 Å². The summed E-state index contributed by atoms with van der Waals surface area (Å²) in [5, 5.41) is 5.64. The van der Waals surface area contributed by atoms with Gasteiger partial charge in [-0.25, -0.2) is 0 Å². The Morgan fingerprint density at radius 1 is 1.28 bits per heavy atom. The van der Waals surface area contributed by atoms with Crippen molar-refractivity contribution < 1.29 is 0 Å². The van der Waals surface area contributed by atoms with E-state index in [4.69, 9.17) is 11.6 Å². The SMILES string of the molecule is CN1CCNC(c2cc3ccc(Cl)cc3n2C)C1. The minimum absolute atomic E-state index is 0.403. The number of piperazine rings is 1. The number of rotatable bonds is 1. The maximum absolute atomic E-state index is 6.07. The van der Waals surface area contributed by atoms with Crippen LogP contribution in [0.5, 0.6) is 0 Å². The summed E-state index contributed by atoms with van der Waals surface area (Å²) in [6, 6.07) is 8.75. The summed E-state index contributed by atoms with van der Waals surface area (Å²) < 4.78 is 2.25. The summed E-state index contributed by atoms with van der Waals surface area (Å²) >= 11 is 6.07. The van der Waals surface area contributed by atoms with Gasteiger partial charge in [0.15, 0.2) is 0 Å². The Hall–Kier alpha value is -1.03. The first-order chi connectivity index (χ1) is 8.65. The minimum atomic E-state index is 0.403. The Kier molecular flexibility index (Phi) is 3.06. The molecule has 1 aliphatic heterocycles. The molecule has 1 unspecified atom stereocenters. The highest BCUT2D eigenvalue weighted by atomic mass is 35.5. The molecule has 1 fully saturated rings. The number of nitrogens with one attached hydrogen (secondary N) is 1. The lowest BCUT2D eigenvalue weighted by molar-refractivity contribution is 0.236. The average Bonchev–Trinajstić information content (AvgIpc) is 2.67. The molecule has 0 radical (unpaired) electrons. The van der Waals surface area contributed by atoms with Gasteiger partial charge in [0.1, 0.15) is 0 Å². The Morgan fingerprint density at radius 3 is 2.89 bits per heavy atom. The fourth-order valence-corrected chi connectivity index (χ4v) is 2.92. The summed E-state index contributed by atoms with van der Waals surface area (Å²) in [7, 11) is 4.29. The molecule has 0 bridgehead atoms. The molecule has 0 spiro atoms. The van der Waals surface area contributed by atoms with Crippen LogP contribution in [0.3, 0.4) is 0 Å². The molecule has 2 aromatic rings. The fourth-order valence-electron chi connectivity index (χ4n) is 2.75. The molecule has 3 nitrogen and oxygen atoms in total. The molecular weight excluding hydrogens is 246 g/mol. The first-order valence-corrected chi connectivity index (χ1v) is 6.70. The molecule has 96 valence electrons. The van der Waals surface area contributed by atoms with Crippen LogP contribution in [0.4, 0.5) is 0 Å². The molecule has 4 heteroatoms.